The molecular formula is C24H37N3O2. The van der Waals surface area contributed by atoms with E-state index in [1.165, 1.54) is 31.4 Å². The Morgan fingerprint density at radius 1 is 0.862 bits per heavy atom. The molecule has 0 saturated carbocycles. The highest BCUT2D eigenvalue weighted by atomic mass is 16.5. The van der Waals surface area contributed by atoms with E-state index in [0.29, 0.717) is 5.91 Å². The number of morpholine rings is 1. The minimum atomic E-state index is 0.243. The lowest BCUT2D eigenvalue weighted by molar-refractivity contribution is -0.138. The molecule has 3 heterocycles. The predicted octanol–water partition coefficient (Wildman–Crippen LogP) is 2.86. The van der Waals surface area contributed by atoms with Gasteiger partial charge < -0.3 is 9.64 Å². The fraction of sp³-hybridized carbons (Fsp3) is 0.708. The quantitative estimate of drug-likeness (QED) is 0.737. The van der Waals surface area contributed by atoms with Gasteiger partial charge in [-0.25, -0.2) is 0 Å². The van der Waals surface area contributed by atoms with Gasteiger partial charge in [0.05, 0.1) is 13.2 Å². The summed E-state index contributed by atoms with van der Waals surface area (Å²) in [5.41, 5.74) is 1.37. The Kier molecular flexibility index (Phi) is 7.58. The minimum Gasteiger partial charge on any atom is -0.379 e. The number of carbonyl (C=O) groups excluding carboxylic acids is 1. The molecule has 0 atom stereocenters. The van der Waals surface area contributed by atoms with Gasteiger partial charge >= 0.3 is 0 Å². The van der Waals surface area contributed by atoms with Gasteiger partial charge in [0.1, 0.15) is 0 Å². The van der Waals surface area contributed by atoms with Gasteiger partial charge in [-0.3, -0.25) is 14.6 Å². The molecule has 160 valence electrons. The Morgan fingerprint density at radius 2 is 1.55 bits per heavy atom. The van der Waals surface area contributed by atoms with E-state index in [0.717, 1.165) is 77.8 Å². The standard InChI is InChI=1S/C24H37N3O2/c28-24(23-9-12-26(13-10-23)20-22-4-2-1-3-5-22)27-14-7-21(8-15-27)6-11-25-16-18-29-19-17-25/h1-5,21,23H,6-20H2. The Morgan fingerprint density at radius 3 is 2.24 bits per heavy atom. The van der Waals surface area contributed by atoms with Crippen LogP contribution in [0.5, 0.6) is 0 Å². The largest absolute Gasteiger partial charge is 0.379 e. The molecule has 3 aliphatic rings. The number of nitrogens with zero attached hydrogens (tertiary/aromatic N) is 3. The Hall–Kier alpha value is -1.43. The van der Waals surface area contributed by atoms with Gasteiger partial charge in [-0.05, 0) is 63.2 Å². The Balaban J connectivity index is 1.14. The zero-order valence-electron chi connectivity index (χ0n) is 17.8. The number of rotatable bonds is 6. The number of piperidine rings is 2. The van der Waals surface area contributed by atoms with Crippen LogP contribution in [0.25, 0.3) is 0 Å². The summed E-state index contributed by atoms with van der Waals surface area (Å²) in [4.78, 5) is 20.2. The number of hydrogen-bond acceptors (Lipinski definition) is 4. The monoisotopic (exact) mass is 399 g/mol. The van der Waals surface area contributed by atoms with Crippen LogP contribution in [0.2, 0.25) is 0 Å². The SMILES string of the molecule is O=C(C1CCN(Cc2ccccc2)CC1)N1CCC(CCN2CCOCC2)CC1. The molecule has 0 bridgehead atoms. The maximum absolute atomic E-state index is 13.0. The third kappa shape index (κ3) is 6.03. The lowest BCUT2D eigenvalue weighted by Crippen LogP contribution is -2.45. The summed E-state index contributed by atoms with van der Waals surface area (Å²) >= 11 is 0. The summed E-state index contributed by atoms with van der Waals surface area (Å²) < 4.78 is 5.44. The maximum atomic E-state index is 13.0. The van der Waals surface area contributed by atoms with E-state index in [1.807, 2.05) is 0 Å². The second-order valence-corrected chi connectivity index (χ2v) is 9.05. The Bertz CT molecular complexity index is 616. The van der Waals surface area contributed by atoms with Crippen molar-refractivity contribution >= 4 is 5.91 Å². The zero-order chi connectivity index (χ0) is 19.9. The predicted molar refractivity (Wildman–Crippen MR) is 116 cm³/mol. The molecule has 29 heavy (non-hydrogen) atoms. The fourth-order valence-electron chi connectivity index (χ4n) is 5.07. The van der Waals surface area contributed by atoms with Gasteiger partial charge in [-0.2, -0.15) is 0 Å². The van der Waals surface area contributed by atoms with Gasteiger partial charge in [0.25, 0.3) is 0 Å². The summed E-state index contributed by atoms with van der Waals surface area (Å²) in [5, 5.41) is 0. The van der Waals surface area contributed by atoms with Crippen molar-refractivity contribution in [3.05, 3.63) is 35.9 Å². The molecule has 0 radical (unpaired) electrons. The van der Waals surface area contributed by atoms with E-state index in [2.05, 4.69) is 45.0 Å². The summed E-state index contributed by atoms with van der Waals surface area (Å²) in [7, 11) is 0. The molecule has 1 aromatic carbocycles. The summed E-state index contributed by atoms with van der Waals surface area (Å²) in [6, 6.07) is 10.7. The number of carbonyl (C=O) groups is 1. The Labute approximate surface area is 176 Å². The van der Waals surface area contributed by atoms with E-state index < -0.39 is 0 Å². The molecule has 0 spiro atoms. The van der Waals surface area contributed by atoms with Crippen LogP contribution in [0.1, 0.15) is 37.7 Å². The van der Waals surface area contributed by atoms with Gasteiger partial charge in [-0.1, -0.05) is 30.3 Å². The number of hydrogen-bond donors (Lipinski definition) is 0. The van der Waals surface area contributed by atoms with Crippen LogP contribution in [0.3, 0.4) is 0 Å². The first kappa shape index (κ1) is 20.8. The molecular weight excluding hydrogens is 362 g/mol. The molecule has 1 aromatic rings. The number of benzene rings is 1. The van der Waals surface area contributed by atoms with Crippen molar-refractivity contribution in [2.24, 2.45) is 11.8 Å². The molecule has 5 nitrogen and oxygen atoms in total. The first-order chi connectivity index (χ1) is 14.3. The number of likely N-dealkylation sites (tertiary alicyclic amines) is 2. The van der Waals surface area contributed by atoms with Crippen LogP contribution in [-0.2, 0) is 16.1 Å². The summed E-state index contributed by atoms with van der Waals surface area (Å²) in [5.74, 6) is 1.46. The van der Waals surface area contributed by atoms with Crippen molar-refractivity contribution in [3.63, 3.8) is 0 Å². The molecule has 0 aromatic heterocycles. The molecule has 1 amide bonds. The first-order valence-corrected chi connectivity index (χ1v) is 11.6. The van der Waals surface area contributed by atoms with Gasteiger partial charge in [-0.15, -0.1) is 0 Å². The topological polar surface area (TPSA) is 36.0 Å². The minimum absolute atomic E-state index is 0.243. The molecule has 5 heteroatoms. The van der Waals surface area contributed by atoms with Gasteiger partial charge in [0.2, 0.25) is 5.91 Å². The molecule has 0 aliphatic carbocycles. The second kappa shape index (κ2) is 10.6. The smallest absolute Gasteiger partial charge is 0.225 e. The maximum Gasteiger partial charge on any atom is 0.225 e. The average Bonchev–Trinajstić information content (AvgIpc) is 2.79. The lowest BCUT2D eigenvalue weighted by atomic mass is 9.90. The zero-order valence-corrected chi connectivity index (χ0v) is 17.8. The van der Waals surface area contributed by atoms with Crippen molar-refractivity contribution in [2.75, 3.05) is 59.0 Å². The van der Waals surface area contributed by atoms with Crippen LogP contribution in [0.15, 0.2) is 30.3 Å². The molecule has 3 aliphatic heterocycles. The van der Waals surface area contributed by atoms with Crippen LogP contribution in [-0.4, -0.2) is 79.6 Å². The average molecular weight is 400 g/mol. The van der Waals surface area contributed by atoms with E-state index in [9.17, 15) is 4.79 Å². The van der Waals surface area contributed by atoms with Crippen LogP contribution in [0, 0.1) is 11.8 Å². The van der Waals surface area contributed by atoms with Gasteiger partial charge in [0.15, 0.2) is 0 Å². The van der Waals surface area contributed by atoms with Crippen LogP contribution in [0.4, 0.5) is 0 Å². The third-order valence-electron chi connectivity index (χ3n) is 7.07. The van der Waals surface area contributed by atoms with Crippen LogP contribution < -0.4 is 0 Å². The summed E-state index contributed by atoms with van der Waals surface area (Å²) in [6.07, 6.45) is 5.68. The normalized spacial score (nSPS) is 23.4. The van der Waals surface area contributed by atoms with Crippen molar-refractivity contribution in [2.45, 2.75) is 38.6 Å². The third-order valence-corrected chi connectivity index (χ3v) is 7.07. The van der Waals surface area contributed by atoms with Crippen molar-refractivity contribution in [3.8, 4) is 0 Å². The van der Waals surface area contributed by atoms with Crippen molar-refractivity contribution in [1.82, 2.24) is 14.7 Å². The fourth-order valence-corrected chi connectivity index (χ4v) is 5.07. The highest BCUT2D eigenvalue weighted by Gasteiger charge is 2.31. The molecule has 3 fully saturated rings. The van der Waals surface area contributed by atoms with E-state index >= 15 is 0 Å². The van der Waals surface area contributed by atoms with E-state index in [1.54, 1.807) is 0 Å². The van der Waals surface area contributed by atoms with Crippen LogP contribution >= 0.6 is 0 Å². The molecule has 4 rings (SSSR count). The van der Waals surface area contributed by atoms with Gasteiger partial charge in [0, 0.05) is 38.6 Å². The second-order valence-electron chi connectivity index (χ2n) is 9.05. The molecule has 3 saturated heterocycles. The molecule has 0 unspecified atom stereocenters. The summed E-state index contributed by atoms with van der Waals surface area (Å²) in [6.45, 7) is 10.2. The van der Waals surface area contributed by atoms with E-state index in [4.69, 9.17) is 4.74 Å². The number of ether oxygens (including phenoxy) is 1. The lowest BCUT2D eigenvalue weighted by Gasteiger charge is -2.38. The highest BCUT2D eigenvalue weighted by Crippen LogP contribution is 2.26. The van der Waals surface area contributed by atoms with Crippen molar-refractivity contribution < 1.29 is 9.53 Å². The first-order valence-electron chi connectivity index (χ1n) is 11.6. The van der Waals surface area contributed by atoms with E-state index in [-0.39, 0.29) is 5.92 Å². The highest BCUT2D eigenvalue weighted by molar-refractivity contribution is 5.79. The number of amides is 1. The van der Waals surface area contributed by atoms with Crippen molar-refractivity contribution in [1.29, 1.82) is 0 Å². The molecule has 0 N–H and O–H groups in total.